The van der Waals surface area contributed by atoms with Gasteiger partial charge in [0.2, 0.25) is 0 Å². The first kappa shape index (κ1) is 153. The first-order valence-electron chi connectivity index (χ1n) is 55.1. The van der Waals surface area contributed by atoms with Gasteiger partial charge in [0.05, 0.1) is 0 Å². The molecule has 0 amide bonds. The van der Waals surface area contributed by atoms with Gasteiger partial charge in [0.25, 0.3) is 0 Å². The Hall–Kier alpha value is -1.20. The number of rotatable bonds is 22. The second kappa shape index (κ2) is 69.5. The summed E-state index contributed by atoms with van der Waals surface area (Å²) in [6, 6.07) is 10.8. The summed E-state index contributed by atoms with van der Waals surface area (Å²) in [6.45, 7) is 118. The van der Waals surface area contributed by atoms with E-state index in [0.29, 0.717) is 134 Å². The number of nitrogens with two attached hydrogens (primary N) is 15. The van der Waals surface area contributed by atoms with Crippen molar-refractivity contribution in [2.45, 2.75) is 679 Å². The standard InChI is InChI=1S/5C8H18N2.2C8H20N2.3C7H16N2.4C7H18N2.C6H16N2/c2*1-8(2,3)10-7-4-6(9)5-7;3*1-8(2,3)10-7-5-4-6(7)9;2*1-6(9)7(2)10-8(3,4)5;3*1-7(2,3)9-6-4-5(6)8;2*1-6(8)5-9-7(2,3)4;2*1-6(5-8)9-7(2,3)4;1-6(2,3)8-5-4-7/h5*6-7,10H,4-5,9H2,1-3H3;2*6-7,10H,9H2,1-5H3;3*5-6,9H,4,8H2,1-3H3;4*6,9H,5,8H2,1-4H3;8H,4-5,7H2,1-3H3/t;;3*6-,7?;2*6-,7-;3*5-,6?;4*6-;/m..110101101010./s1. The molecule has 0 bridgehead atoms. The van der Waals surface area contributed by atoms with E-state index >= 15 is 0 Å². The van der Waals surface area contributed by atoms with Gasteiger partial charge in [-0.15, -0.1) is 0 Å². The molecule has 8 saturated carbocycles. The monoisotopic (exact) mass is 2020 g/mol. The Morgan fingerprint density at radius 1 is 0.220 bits per heavy atom. The molecule has 0 radical (unpaired) electrons. The quantitative estimate of drug-likeness (QED) is 0.0479. The summed E-state index contributed by atoms with van der Waals surface area (Å²) in [5.41, 5.74) is 87.2. The molecular weight excluding hydrogens is 1750 g/mol. The van der Waals surface area contributed by atoms with E-state index in [0.717, 1.165) is 71.1 Å². The van der Waals surface area contributed by atoms with E-state index < -0.39 is 0 Å². The molecule has 20 atom stereocenters. The van der Waals surface area contributed by atoms with Gasteiger partial charge in [-0.1, -0.05) is 0 Å². The van der Waals surface area contributed by atoms with Crippen molar-refractivity contribution >= 4 is 0 Å². The van der Waals surface area contributed by atoms with Crippen LogP contribution < -0.4 is 166 Å². The molecule has 0 heterocycles. The second-order valence-corrected chi connectivity index (χ2v) is 58.4. The minimum absolute atomic E-state index is 0.174. The third-order valence-electron chi connectivity index (χ3n) is 21.5. The first-order chi connectivity index (χ1) is 62.3. The molecule has 0 saturated heterocycles. The van der Waals surface area contributed by atoms with E-state index in [9.17, 15) is 0 Å². The summed E-state index contributed by atoms with van der Waals surface area (Å²) in [7, 11) is 0. The summed E-state index contributed by atoms with van der Waals surface area (Å²) < 4.78 is 0. The molecule has 0 spiro atoms. The molecule has 8 aliphatic rings. The van der Waals surface area contributed by atoms with E-state index in [1.165, 1.54) is 38.5 Å². The predicted octanol–water partition coefficient (Wildman–Crippen LogP) is 11.2. The highest BCUT2D eigenvalue weighted by Gasteiger charge is 2.39. The summed E-state index contributed by atoms with van der Waals surface area (Å²) >= 11 is 0. The highest BCUT2D eigenvalue weighted by atomic mass is 15.1. The lowest BCUT2D eigenvalue weighted by Gasteiger charge is -2.39. The fourth-order valence-electron chi connectivity index (χ4n) is 14.0. The third kappa shape index (κ3) is 117. The molecule has 0 aliphatic heterocycles. The number of hydrogen-bond donors (Lipinski definition) is 30. The van der Waals surface area contributed by atoms with E-state index in [4.69, 9.17) is 86.0 Å². The van der Waals surface area contributed by atoms with Gasteiger partial charge in [-0.05, 0) is 450 Å². The zero-order valence-electron chi connectivity index (χ0n) is 104. The number of hydrogen-bond acceptors (Lipinski definition) is 30. The van der Waals surface area contributed by atoms with Crippen LogP contribution in [0.2, 0.25) is 0 Å². The van der Waals surface area contributed by atoms with Crippen molar-refractivity contribution in [3.8, 4) is 0 Å². The lowest BCUT2D eigenvalue weighted by Crippen LogP contribution is -2.58. The van der Waals surface area contributed by atoms with Gasteiger partial charge in [-0.2, -0.15) is 0 Å². The van der Waals surface area contributed by atoms with Crippen molar-refractivity contribution < 1.29 is 0 Å². The Kier molecular flexibility index (Phi) is 75.2. The molecule has 6 unspecified atom stereocenters. The highest BCUT2D eigenvalue weighted by molar-refractivity contribution is 5.03. The summed E-state index contributed by atoms with van der Waals surface area (Å²) in [4.78, 5) is 0. The average Bonchev–Trinajstić information content (AvgIpc) is 1.68. The van der Waals surface area contributed by atoms with Crippen LogP contribution >= 0.6 is 0 Å². The van der Waals surface area contributed by atoms with Crippen LogP contribution in [-0.4, -0.2) is 267 Å². The van der Waals surface area contributed by atoms with Gasteiger partial charge in [0.15, 0.2) is 0 Å². The zero-order chi connectivity index (χ0) is 113. The van der Waals surface area contributed by atoms with Crippen LogP contribution in [0.25, 0.3) is 0 Å². The Balaban J connectivity index is -0.000000273. The van der Waals surface area contributed by atoms with Crippen LogP contribution in [0.1, 0.15) is 450 Å². The smallest absolute Gasteiger partial charge is 0.0239 e. The Morgan fingerprint density at radius 2 is 0.404 bits per heavy atom. The topological polar surface area (TPSA) is 571 Å². The van der Waals surface area contributed by atoms with Crippen LogP contribution in [0.4, 0.5) is 0 Å². The van der Waals surface area contributed by atoms with Crippen LogP contribution in [0, 0.1) is 0 Å². The summed E-state index contributed by atoms with van der Waals surface area (Å²) in [5.74, 6) is 0. The highest BCUT2D eigenvalue weighted by Crippen LogP contribution is 2.27. The lowest BCUT2D eigenvalue weighted by molar-refractivity contribution is 0.230. The van der Waals surface area contributed by atoms with Crippen molar-refractivity contribution in [3.63, 3.8) is 0 Å². The van der Waals surface area contributed by atoms with Gasteiger partial charge in [-0.3, -0.25) is 0 Å². The fourth-order valence-corrected chi connectivity index (χ4v) is 14.0. The molecule has 8 fully saturated rings. The van der Waals surface area contributed by atoms with Crippen molar-refractivity contribution in [3.05, 3.63) is 0 Å². The molecule has 30 heteroatoms. The molecular formula is C111H266N30. The molecule has 141 heavy (non-hydrogen) atoms. The fraction of sp³-hybridized carbons (Fsp3) is 1.00. The molecule has 8 aliphatic carbocycles. The molecule has 30 nitrogen and oxygen atoms in total. The molecule has 860 valence electrons. The second-order valence-electron chi connectivity index (χ2n) is 58.4. The SMILES string of the molecule is CC(C)(C)NC1CC(N)C1.CC(C)(C)NC1CC(N)C1.CC(C)(C)NC1CC[C@@H]1N.CC(C)(C)NC1CC[C@H]1N.CC(C)(C)NC1CC[C@H]1N.CC(C)(C)NC1C[C@@H]1N.CC(C)(C)NC1C[C@H]1N.CC(C)(C)NC1C[C@H]1N.CC(C)(C)NCCN.C[C@@H](CN)NC(C)(C)C.C[C@@H](N)CNC(C)(C)C.C[C@@H](N)[C@@H](C)NC(C)(C)C.C[C@H](CN)NC(C)(C)C.C[C@H](N)CNC(C)(C)C.C[C@H](N)[C@H](C)NC(C)(C)C. The third-order valence-corrected chi connectivity index (χ3v) is 21.5. The molecule has 45 N–H and O–H groups in total. The largest absolute Gasteiger partial charge is 0.329 e. The van der Waals surface area contributed by atoms with Gasteiger partial charge >= 0.3 is 0 Å². The molecule has 8 rings (SSSR count). The normalized spacial score (nSPS) is 25.9. The van der Waals surface area contributed by atoms with Crippen molar-refractivity contribution in [1.29, 1.82) is 0 Å². The summed E-state index contributed by atoms with van der Waals surface area (Å²) in [5, 5.41) is 51.0. The zero-order valence-corrected chi connectivity index (χ0v) is 104. The minimum atomic E-state index is 0.174. The van der Waals surface area contributed by atoms with Crippen LogP contribution in [0.5, 0.6) is 0 Å². The Labute approximate surface area is 878 Å². The molecule has 0 aromatic carbocycles. The minimum Gasteiger partial charge on any atom is -0.329 e. The van der Waals surface area contributed by atoms with Crippen molar-refractivity contribution in [1.82, 2.24) is 79.8 Å². The maximum Gasteiger partial charge on any atom is 0.0239 e. The van der Waals surface area contributed by atoms with Crippen LogP contribution in [0.3, 0.4) is 0 Å². The number of nitrogens with one attached hydrogen (secondary N) is 15. The Morgan fingerprint density at radius 3 is 0.468 bits per heavy atom. The van der Waals surface area contributed by atoms with Crippen LogP contribution in [-0.2, 0) is 0 Å². The van der Waals surface area contributed by atoms with E-state index in [2.05, 4.69) is 419 Å². The molecule has 0 aromatic heterocycles. The lowest BCUT2D eigenvalue weighted by atomic mass is 9.85. The van der Waals surface area contributed by atoms with Gasteiger partial charge in [0.1, 0.15) is 0 Å². The van der Waals surface area contributed by atoms with Crippen molar-refractivity contribution in [2.24, 2.45) is 86.0 Å². The summed E-state index contributed by atoms with van der Waals surface area (Å²) in [6.07, 6.45) is 15.4. The van der Waals surface area contributed by atoms with E-state index in [-0.39, 0.29) is 107 Å². The van der Waals surface area contributed by atoms with Crippen LogP contribution in [0.15, 0.2) is 0 Å². The Bertz CT molecular complexity index is 2610. The predicted molar refractivity (Wildman–Crippen MR) is 632 cm³/mol. The van der Waals surface area contributed by atoms with Crippen molar-refractivity contribution in [2.75, 3.05) is 39.3 Å². The van der Waals surface area contributed by atoms with Gasteiger partial charge in [0, 0.05) is 267 Å². The van der Waals surface area contributed by atoms with Gasteiger partial charge in [-0.25, -0.2) is 0 Å². The maximum atomic E-state index is 5.77. The maximum absolute atomic E-state index is 5.77. The first-order valence-corrected chi connectivity index (χ1v) is 55.1. The molecule has 0 aromatic rings. The van der Waals surface area contributed by atoms with E-state index in [1.54, 1.807) is 0 Å². The average molecular weight is 2020 g/mol. The van der Waals surface area contributed by atoms with Gasteiger partial charge < -0.3 is 166 Å². The van der Waals surface area contributed by atoms with E-state index in [1.807, 2.05) is 27.7 Å².